The summed E-state index contributed by atoms with van der Waals surface area (Å²) >= 11 is 1.43. The zero-order chi connectivity index (χ0) is 38.3. The lowest BCUT2D eigenvalue weighted by Crippen LogP contribution is -2.60. The molecule has 0 fully saturated rings. The van der Waals surface area contributed by atoms with E-state index in [2.05, 4.69) is 20.9 Å². The number of sulfone groups is 1. The number of benzene rings is 2. The number of aliphatic hydroxyl groups excluding tert-OH is 2. The molecule has 2 aromatic carbocycles. The largest absolute Gasteiger partial charge is 0.388 e. The first-order valence-electron chi connectivity index (χ1n) is 17.2. The lowest BCUT2D eigenvalue weighted by molar-refractivity contribution is -0.125. The SMILES string of the molecule is CCCC(CCC)S(=O)(=O)C[C@@H](NC(=O)c1cccnc1)C(=O)N[C@@H](Cc1cc(F)cc(F)c1)[C@@H](O)[C@H](O)[C@@H](CCSC)NC(=O)c1ccccc1. The molecule has 5 atom stereocenters. The van der Waals surface area contributed by atoms with E-state index < -0.39 is 87.0 Å². The van der Waals surface area contributed by atoms with Crippen molar-refractivity contribution in [3.8, 4) is 0 Å². The van der Waals surface area contributed by atoms with Crippen LogP contribution in [0, 0.1) is 11.6 Å². The molecule has 0 spiro atoms. The number of rotatable bonds is 21. The molecule has 284 valence electrons. The highest BCUT2D eigenvalue weighted by Crippen LogP contribution is 2.20. The van der Waals surface area contributed by atoms with Crippen LogP contribution in [0.15, 0.2) is 73.1 Å². The van der Waals surface area contributed by atoms with E-state index in [1.807, 2.05) is 20.1 Å². The molecule has 3 rings (SSSR count). The Balaban J connectivity index is 2.00. The van der Waals surface area contributed by atoms with E-state index in [0.29, 0.717) is 43.1 Å². The van der Waals surface area contributed by atoms with Gasteiger partial charge in [-0.1, -0.05) is 44.9 Å². The number of nitrogens with one attached hydrogen (secondary N) is 3. The number of hydrogen-bond donors (Lipinski definition) is 5. The summed E-state index contributed by atoms with van der Waals surface area (Å²) in [7, 11) is -3.98. The molecule has 0 bridgehead atoms. The standard InChI is InChI=1S/C37H48F2N4O7S2/c1-4-10-29(11-5-2)52(49,50)23-32(43-36(47)26-14-9-16-40-22-26)37(48)42-31(20-24-18-27(38)21-28(39)19-24)34(45)33(44)30(15-17-51-3)41-35(46)25-12-7-6-8-13-25/h6-9,12-14,16,18-19,21-22,29-34,44-45H,4-5,10-11,15,17,20,23H2,1-3H3,(H,41,46)(H,42,48)(H,43,47)/t30-,31+,32-,33-,34-/m1/s1. The maximum atomic E-state index is 14.3. The Morgan fingerprint density at radius 1 is 0.808 bits per heavy atom. The van der Waals surface area contributed by atoms with Crippen molar-refractivity contribution >= 4 is 39.3 Å². The third-order valence-electron chi connectivity index (χ3n) is 8.54. The minimum atomic E-state index is -3.98. The van der Waals surface area contributed by atoms with Gasteiger partial charge in [0.2, 0.25) is 5.91 Å². The summed E-state index contributed by atoms with van der Waals surface area (Å²) in [5, 5.41) is 30.2. The molecule has 11 nitrogen and oxygen atoms in total. The fourth-order valence-electron chi connectivity index (χ4n) is 5.85. The van der Waals surface area contributed by atoms with Crippen LogP contribution in [0.3, 0.4) is 0 Å². The molecular formula is C37H48F2N4O7S2. The van der Waals surface area contributed by atoms with Gasteiger partial charge in [0.1, 0.15) is 29.9 Å². The first kappa shape index (κ1) is 42.5. The average molecular weight is 763 g/mol. The zero-order valence-corrected chi connectivity index (χ0v) is 31.1. The van der Waals surface area contributed by atoms with Crippen molar-refractivity contribution in [2.45, 2.75) is 88.0 Å². The van der Waals surface area contributed by atoms with Crippen LogP contribution in [0.4, 0.5) is 8.78 Å². The van der Waals surface area contributed by atoms with Crippen LogP contribution in [0.25, 0.3) is 0 Å². The minimum Gasteiger partial charge on any atom is -0.388 e. The summed E-state index contributed by atoms with van der Waals surface area (Å²) < 4.78 is 55.9. The van der Waals surface area contributed by atoms with Crippen molar-refractivity contribution in [3.63, 3.8) is 0 Å². The quantitative estimate of drug-likeness (QED) is 0.108. The van der Waals surface area contributed by atoms with Gasteiger partial charge in [0.05, 0.1) is 28.6 Å². The maximum absolute atomic E-state index is 14.3. The molecule has 3 aromatic rings. The highest BCUT2D eigenvalue weighted by atomic mass is 32.2. The average Bonchev–Trinajstić information content (AvgIpc) is 3.12. The zero-order valence-electron chi connectivity index (χ0n) is 29.5. The van der Waals surface area contributed by atoms with Crippen molar-refractivity contribution in [3.05, 3.63) is 101 Å². The van der Waals surface area contributed by atoms with E-state index >= 15 is 0 Å². The second-order valence-corrected chi connectivity index (χ2v) is 15.9. The molecule has 0 saturated heterocycles. The first-order valence-corrected chi connectivity index (χ1v) is 20.3. The predicted molar refractivity (Wildman–Crippen MR) is 198 cm³/mol. The molecule has 3 amide bonds. The molecule has 0 aliphatic rings. The normalized spacial score (nSPS) is 14.5. The van der Waals surface area contributed by atoms with E-state index in [4.69, 9.17) is 0 Å². The molecule has 0 saturated carbocycles. The number of carbonyl (C=O) groups excluding carboxylic acids is 3. The van der Waals surface area contributed by atoms with Gasteiger partial charge in [-0.3, -0.25) is 19.4 Å². The first-order chi connectivity index (χ1) is 24.8. The van der Waals surface area contributed by atoms with Crippen LogP contribution in [0.5, 0.6) is 0 Å². The van der Waals surface area contributed by atoms with Gasteiger partial charge in [-0.05, 0) is 79.7 Å². The number of aliphatic hydroxyl groups is 2. The lowest BCUT2D eigenvalue weighted by atomic mass is 9.92. The highest BCUT2D eigenvalue weighted by Gasteiger charge is 2.38. The molecule has 0 aliphatic carbocycles. The van der Waals surface area contributed by atoms with Crippen molar-refractivity contribution in [2.24, 2.45) is 0 Å². The molecule has 0 aliphatic heterocycles. The fraction of sp³-hybridized carbons (Fsp3) is 0.459. The maximum Gasteiger partial charge on any atom is 0.253 e. The van der Waals surface area contributed by atoms with Gasteiger partial charge in [-0.25, -0.2) is 17.2 Å². The Hall–Kier alpha value is -3.92. The van der Waals surface area contributed by atoms with E-state index in [-0.39, 0.29) is 17.5 Å². The van der Waals surface area contributed by atoms with Gasteiger partial charge >= 0.3 is 0 Å². The monoisotopic (exact) mass is 762 g/mol. The summed E-state index contributed by atoms with van der Waals surface area (Å²) in [6, 6.07) is 9.59. The summed E-state index contributed by atoms with van der Waals surface area (Å²) in [6.45, 7) is 3.68. The van der Waals surface area contributed by atoms with Crippen molar-refractivity contribution in [1.82, 2.24) is 20.9 Å². The van der Waals surface area contributed by atoms with Gasteiger partial charge < -0.3 is 26.2 Å². The number of hydrogen-bond acceptors (Lipinski definition) is 9. The predicted octanol–water partition coefficient (Wildman–Crippen LogP) is 3.84. The van der Waals surface area contributed by atoms with E-state index in [1.165, 1.54) is 36.3 Å². The van der Waals surface area contributed by atoms with Crippen molar-refractivity contribution in [2.75, 3.05) is 17.8 Å². The molecule has 52 heavy (non-hydrogen) atoms. The van der Waals surface area contributed by atoms with Crippen LogP contribution >= 0.6 is 11.8 Å². The highest BCUT2D eigenvalue weighted by molar-refractivity contribution is 7.98. The van der Waals surface area contributed by atoms with Gasteiger partial charge in [-0.15, -0.1) is 0 Å². The fourth-order valence-corrected chi connectivity index (χ4v) is 8.50. The number of carbonyl (C=O) groups is 3. The molecule has 1 heterocycles. The Bertz CT molecular complexity index is 1680. The molecule has 0 unspecified atom stereocenters. The van der Waals surface area contributed by atoms with Gasteiger partial charge in [0, 0.05) is 24.0 Å². The third kappa shape index (κ3) is 12.9. The lowest BCUT2D eigenvalue weighted by Gasteiger charge is -2.34. The van der Waals surface area contributed by atoms with Crippen LogP contribution < -0.4 is 16.0 Å². The van der Waals surface area contributed by atoms with Gasteiger partial charge in [0.25, 0.3) is 11.8 Å². The third-order valence-corrected chi connectivity index (χ3v) is 11.5. The Labute approximate surface area is 308 Å². The van der Waals surface area contributed by atoms with Crippen LogP contribution in [-0.4, -0.2) is 94.7 Å². The minimum absolute atomic E-state index is 0.0116. The number of aromatic nitrogens is 1. The Morgan fingerprint density at radius 3 is 1.98 bits per heavy atom. The Kier molecular flexibility index (Phi) is 17.1. The number of pyridine rings is 1. The molecule has 0 radical (unpaired) electrons. The molecular weight excluding hydrogens is 715 g/mol. The second kappa shape index (κ2) is 20.9. The molecule has 1 aromatic heterocycles. The molecule has 15 heteroatoms. The summed E-state index contributed by atoms with van der Waals surface area (Å²) in [5.41, 5.74) is 0.373. The van der Waals surface area contributed by atoms with Crippen molar-refractivity contribution < 1.29 is 41.8 Å². The van der Waals surface area contributed by atoms with Gasteiger partial charge in [0.15, 0.2) is 9.84 Å². The van der Waals surface area contributed by atoms with Crippen molar-refractivity contribution in [1.29, 1.82) is 0 Å². The van der Waals surface area contributed by atoms with E-state index in [1.54, 1.807) is 30.3 Å². The number of halogens is 2. The number of amides is 3. The van der Waals surface area contributed by atoms with E-state index in [9.17, 15) is 41.8 Å². The summed E-state index contributed by atoms with van der Waals surface area (Å²) in [5.74, 6) is -4.48. The van der Waals surface area contributed by atoms with Gasteiger partial charge in [-0.2, -0.15) is 11.8 Å². The van der Waals surface area contributed by atoms with Crippen LogP contribution in [0.1, 0.15) is 72.2 Å². The molecule has 5 N–H and O–H groups in total. The Morgan fingerprint density at radius 2 is 1.40 bits per heavy atom. The van der Waals surface area contributed by atoms with Crippen LogP contribution in [0.2, 0.25) is 0 Å². The van der Waals surface area contributed by atoms with E-state index in [0.717, 1.165) is 12.1 Å². The summed E-state index contributed by atoms with van der Waals surface area (Å²) in [6.07, 6.45) is 2.54. The van der Waals surface area contributed by atoms with Crippen LogP contribution in [-0.2, 0) is 21.1 Å². The number of nitrogens with zero attached hydrogens (tertiary/aromatic N) is 1. The summed E-state index contributed by atoms with van der Waals surface area (Å²) in [4.78, 5) is 44.3. The smallest absolute Gasteiger partial charge is 0.253 e. The number of thioether (sulfide) groups is 1. The second-order valence-electron chi connectivity index (χ2n) is 12.6. The topological polar surface area (TPSA) is 175 Å².